The number of likely N-dealkylation sites (N-methyl/N-ethyl adjacent to an activating group) is 1. The Labute approximate surface area is 182 Å². The maximum atomic E-state index is 12.6. The lowest BCUT2D eigenvalue weighted by molar-refractivity contribution is -0.125. The maximum absolute atomic E-state index is 12.6. The highest BCUT2D eigenvalue weighted by Crippen LogP contribution is 2.31. The van der Waals surface area contributed by atoms with E-state index < -0.39 is 0 Å². The van der Waals surface area contributed by atoms with Crippen molar-refractivity contribution < 1.29 is 13.9 Å². The highest BCUT2D eigenvalue weighted by molar-refractivity contribution is 5.92. The van der Waals surface area contributed by atoms with E-state index in [0.717, 1.165) is 33.5 Å². The Kier molecular flexibility index (Phi) is 6.08. The van der Waals surface area contributed by atoms with Crippen molar-refractivity contribution in [1.29, 1.82) is 0 Å². The predicted molar refractivity (Wildman–Crippen MR) is 121 cm³/mol. The van der Waals surface area contributed by atoms with Crippen molar-refractivity contribution in [3.63, 3.8) is 0 Å². The summed E-state index contributed by atoms with van der Waals surface area (Å²) in [6.07, 6.45) is 5.02. The molecular formula is C23H26ClN3O3. The maximum Gasteiger partial charge on any atom is 0.246 e. The first kappa shape index (κ1) is 21.7. The molecule has 0 saturated heterocycles. The molecule has 0 fully saturated rings. The summed E-state index contributed by atoms with van der Waals surface area (Å²) in [5, 5.41) is 4.49. The van der Waals surface area contributed by atoms with Crippen LogP contribution in [0, 0.1) is 6.92 Å². The lowest BCUT2D eigenvalue weighted by atomic mass is 10.0. The molecular weight excluding hydrogens is 402 g/mol. The number of pyridine rings is 1. The zero-order valence-corrected chi connectivity index (χ0v) is 18.4. The molecule has 0 spiro atoms. The number of halogens is 1. The summed E-state index contributed by atoms with van der Waals surface area (Å²) >= 11 is 0. The SMILES string of the molecule is Cc1c(CN(C)C(=O)/C=C/c2cnc3c(c2)NC(C)(C)CO3)oc2ccccc12.Cl. The number of rotatable bonds is 4. The molecule has 158 valence electrons. The van der Waals surface area contributed by atoms with Crippen molar-refractivity contribution >= 4 is 41.0 Å². The fraction of sp³-hybridized carbons (Fsp3) is 0.304. The fourth-order valence-electron chi connectivity index (χ4n) is 3.38. The Morgan fingerprint density at radius 2 is 2.10 bits per heavy atom. The third-order valence-electron chi connectivity index (χ3n) is 5.03. The second-order valence-electron chi connectivity index (χ2n) is 8.09. The van der Waals surface area contributed by atoms with E-state index in [9.17, 15) is 4.79 Å². The van der Waals surface area contributed by atoms with Crippen molar-refractivity contribution in [2.45, 2.75) is 32.9 Å². The Balaban J connectivity index is 0.00000256. The van der Waals surface area contributed by atoms with Crippen LogP contribution in [0.1, 0.15) is 30.7 Å². The van der Waals surface area contributed by atoms with Crippen molar-refractivity contribution in [1.82, 2.24) is 9.88 Å². The van der Waals surface area contributed by atoms with E-state index in [2.05, 4.69) is 24.1 Å². The van der Waals surface area contributed by atoms with E-state index in [1.807, 2.05) is 37.3 Å². The second kappa shape index (κ2) is 8.40. The molecule has 6 nitrogen and oxygen atoms in total. The van der Waals surface area contributed by atoms with Crippen molar-refractivity contribution in [3.8, 4) is 5.88 Å². The minimum Gasteiger partial charge on any atom is -0.474 e. The van der Waals surface area contributed by atoms with Crippen LogP contribution in [0.25, 0.3) is 17.0 Å². The Morgan fingerprint density at radius 3 is 2.87 bits per heavy atom. The molecule has 1 aliphatic rings. The summed E-state index contributed by atoms with van der Waals surface area (Å²) in [5.74, 6) is 1.28. The van der Waals surface area contributed by atoms with Gasteiger partial charge in [-0.3, -0.25) is 4.79 Å². The quantitative estimate of drug-likeness (QED) is 0.605. The van der Waals surface area contributed by atoms with Gasteiger partial charge in [0.05, 0.1) is 17.8 Å². The number of carbonyl (C=O) groups is 1. The first-order valence-corrected chi connectivity index (χ1v) is 9.64. The summed E-state index contributed by atoms with van der Waals surface area (Å²) in [6, 6.07) is 9.84. The van der Waals surface area contributed by atoms with Crippen LogP contribution in [0.4, 0.5) is 5.69 Å². The number of benzene rings is 1. The standard InChI is InChI=1S/C23H25N3O3.ClH/c1-15-17-7-5-6-8-19(17)29-20(15)13-26(4)21(27)10-9-16-11-18-22(24-12-16)28-14-23(2,3)25-18;/h5-12,25H,13-14H2,1-4H3;1H/b10-9+;. The van der Waals surface area contributed by atoms with Gasteiger partial charge in [0, 0.05) is 30.3 Å². The summed E-state index contributed by atoms with van der Waals surface area (Å²) < 4.78 is 11.6. The van der Waals surface area contributed by atoms with Gasteiger partial charge in [0.15, 0.2) is 0 Å². The van der Waals surface area contributed by atoms with Crippen molar-refractivity contribution in [3.05, 3.63) is 59.5 Å². The number of aromatic nitrogens is 1. The summed E-state index contributed by atoms with van der Waals surface area (Å²) in [7, 11) is 1.77. The number of amides is 1. The third-order valence-corrected chi connectivity index (χ3v) is 5.03. The van der Waals surface area contributed by atoms with Gasteiger partial charge in [-0.2, -0.15) is 0 Å². The number of ether oxygens (including phenoxy) is 1. The van der Waals surface area contributed by atoms with Crippen LogP contribution in [0.15, 0.2) is 47.0 Å². The molecule has 1 aromatic carbocycles. The lowest BCUT2D eigenvalue weighted by Crippen LogP contribution is -2.41. The van der Waals surface area contributed by atoms with Crippen LogP contribution < -0.4 is 10.1 Å². The van der Waals surface area contributed by atoms with Gasteiger partial charge in [0.1, 0.15) is 18.0 Å². The number of hydrogen-bond acceptors (Lipinski definition) is 5. The van der Waals surface area contributed by atoms with Crippen LogP contribution in [0.5, 0.6) is 5.88 Å². The van der Waals surface area contributed by atoms with Crippen LogP contribution in [0.3, 0.4) is 0 Å². The molecule has 0 saturated carbocycles. The topological polar surface area (TPSA) is 67.6 Å². The van der Waals surface area contributed by atoms with Crippen molar-refractivity contribution in [2.24, 2.45) is 0 Å². The molecule has 0 radical (unpaired) electrons. The number of furan rings is 1. The van der Waals surface area contributed by atoms with E-state index in [-0.39, 0.29) is 23.9 Å². The minimum absolute atomic E-state index is 0. The Morgan fingerprint density at radius 1 is 1.33 bits per heavy atom. The number of hydrogen-bond donors (Lipinski definition) is 1. The normalized spacial score (nSPS) is 14.5. The van der Waals surface area contributed by atoms with Gasteiger partial charge in [-0.25, -0.2) is 4.98 Å². The van der Waals surface area contributed by atoms with Gasteiger partial charge < -0.3 is 19.4 Å². The summed E-state index contributed by atoms with van der Waals surface area (Å²) in [4.78, 5) is 18.5. The number of carbonyl (C=O) groups excluding carboxylic acids is 1. The zero-order valence-electron chi connectivity index (χ0n) is 17.6. The van der Waals surface area contributed by atoms with Gasteiger partial charge in [-0.05, 0) is 44.5 Å². The number of aryl methyl sites for hydroxylation is 1. The molecule has 1 amide bonds. The highest BCUT2D eigenvalue weighted by atomic mass is 35.5. The molecule has 0 atom stereocenters. The van der Waals surface area contributed by atoms with Gasteiger partial charge >= 0.3 is 0 Å². The zero-order chi connectivity index (χ0) is 20.6. The molecule has 3 aromatic rings. The molecule has 1 aliphatic heterocycles. The number of fused-ring (bicyclic) bond motifs is 2. The number of anilines is 1. The van der Waals surface area contributed by atoms with Gasteiger partial charge in [0.25, 0.3) is 0 Å². The molecule has 2 aromatic heterocycles. The van der Waals surface area contributed by atoms with Crippen LogP contribution in [-0.4, -0.2) is 35.0 Å². The average molecular weight is 428 g/mol. The molecule has 3 heterocycles. The molecule has 30 heavy (non-hydrogen) atoms. The number of para-hydroxylation sites is 1. The summed E-state index contributed by atoms with van der Waals surface area (Å²) in [6.45, 7) is 7.13. The van der Waals surface area contributed by atoms with Crippen LogP contribution >= 0.6 is 12.4 Å². The van der Waals surface area contributed by atoms with Gasteiger partial charge in [-0.15, -0.1) is 12.4 Å². The van der Waals surface area contributed by atoms with Crippen LogP contribution in [-0.2, 0) is 11.3 Å². The smallest absolute Gasteiger partial charge is 0.246 e. The Bertz CT molecular complexity index is 1100. The van der Waals surface area contributed by atoms with E-state index in [0.29, 0.717) is 19.0 Å². The van der Waals surface area contributed by atoms with Gasteiger partial charge in [-0.1, -0.05) is 18.2 Å². The molecule has 7 heteroatoms. The van der Waals surface area contributed by atoms with E-state index >= 15 is 0 Å². The van der Waals surface area contributed by atoms with E-state index in [4.69, 9.17) is 9.15 Å². The van der Waals surface area contributed by atoms with Crippen LogP contribution in [0.2, 0.25) is 0 Å². The number of nitrogens with one attached hydrogen (secondary N) is 1. The molecule has 0 unspecified atom stereocenters. The highest BCUT2D eigenvalue weighted by Gasteiger charge is 2.26. The lowest BCUT2D eigenvalue weighted by Gasteiger charge is -2.32. The first-order chi connectivity index (χ1) is 13.8. The fourth-order valence-corrected chi connectivity index (χ4v) is 3.38. The molecule has 1 N–H and O–H groups in total. The summed E-state index contributed by atoms with van der Waals surface area (Å²) in [5.41, 5.74) is 3.42. The largest absolute Gasteiger partial charge is 0.474 e. The average Bonchev–Trinajstić information content (AvgIpc) is 3.00. The monoisotopic (exact) mass is 427 g/mol. The van der Waals surface area contributed by atoms with E-state index in [1.54, 1.807) is 30.3 Å². The molecule has 4 rings (SSSR count). The third kappa shape index (κ3) is 4.44. The minimum atomic E-state index is -0.155. The Hall–Kier alpha value is -2.99. The molecule has 0 aliphatic carbocycles. The second-order valence-corrected chi connectivity index (χ2v) is 8.09. The molecule has 0 bridgehead atoms. The number of nitrogens with zero attached hydrogens (tertiary/aromatic N) is 2. The predicted octanol–water partition coefficient (Wildman–Crippen LogP) is 4.81. The van der Waals surface area contributed by atoms with E-state index in [1.165, 1.54) is 0 Å². The van der Waals surface area contributed by atoms with Gasteiger partial charge in [0.2, 0.25) is 11.8 Å². The van der Waals surface area contributed by atoms with Crippen molar-refractivity contribution in [2.75, 3.05) is 19.0 Å². The first-order valence-electron chi connectivity index (χ1n) is 9.64.